The number of hydrogen-bond acceptors (Lipinski definition) is 6. The van der Waals surface area contributed by atoms with Gasteiger partial charge >= 0.3 is 0 Å². The standard InChI is InChI=1S/C13H22N4O2S2/c1-20-13(7-3-2-4-8-13)10-16-21(18,19)12-11(17-14)6-5-9-15-12/h5-6,9,16-17H,2-4,7-8,10,14H2,1H3. The number of sulfonamides is 1. The van der Waals surface area contributed by atoms with Crippen LogP contribution in [-0.2, 0) is 10.0 Å². The maximum atomic E-state index is 12.4. The summed E-state index contributed by atoms with van der Waals surface area (Å²) < 4.78 is 27.6. The predicted octanol–water partition coefficient (Wildman–Crippen LogP) is 1.71. The van der Waals surface area contributed by atoms with Crippen LogP contribution in [0.15, 0.2) is 23.4 Å². The van der Waals surface area contributed by atoms with E-state index < -0.39 is 10.0 Å². The number of rotatable bonds is 6. The Labute approximate surface area is 130 Å². The molecule has 1 saturated carbocycles. The van der Waals surface area contributed by atoms with Crippen LogP contribution < -0.4 is 16.0 Å². The molecule has 0 amide bonds. The Morgan fingerprint density at radius 1 is 1.38 bits per heavy atom. The first-order valence-electron chi connectivity index (χ1n) is 6.99. The third-order valence-corrected chi connectivity index (χ3v) is 6.74. The van der Waals surface area contributed by atoms with Gasteiger partial charge in [-0.3, -0.25) is 5.84 Å². The van der Waals surface area contributed by atoms with Crippen LogP contribution in [0.4, 0.5) is 5.69 Å². The summed E-state index contributed by atoms with van der Waals surface area (Å²) in [5, 5.41) is -0.0560. The lowest BCUT2D eigenvalue weighted by Gasteiger charge is -2.35. The maximum absolute atomic E-state index is 12.4. The van der Waals surface area contributed by atoms with Gasteiger partial charge < -0.3 is 5.43 Å². The molecule has 0 saturated heterocycles. The molecule has 6 nitrogen and oxygen atoms in total. The normalized spacial score (nSPS) is 18.4. The molecule has 0 radical (unpaired) electrons. The molecule has 0 atom stereocenters. The minimum Gasteiger partial charge on any atom is -0.321 e. The van der Waals surface area contributed by atoms with E-state index in [1.54, 1.807) is 23.9 Å². The second kappa shape index (κ2) is 6.95. The average molecular weight is 330 g/mol. The van der Waals surface area contributed by atoms with Gasteiger partial charge in [0.25, 0.3) is 10.0 Å². The molecule has 0 aliphatic heterocycles. The molecule has 1 aromatic rings. The van der Waals surface area contributed by atoms with Crippen LogP contribution in [0.2, 0.25) is 0 Å². The highest BCUT2D eigenvalue weighted by atomic mass is 32.2. The second-order valence-electron chi connectivity index (χ2n) is 5.27. The first kappa shape index (κ1) is 16.5. The highest BCUT2D eigenvalue weighted by molar-refractivity contribution is 8.00. The molecule has 4 N–H and O–H groups in total. The monoisotopic (exact) mass is 330 g/mol. The Balaban J connectivity index is 2.14. The summed E-state index contributed by atoms with van der Waals surface area (Å²) >= 11 is 1.75. The molecule has 0 bridgehead atoms. The molecule has 1 heterocycles. The number of pyridine rings is 1. The third-order valence-electron chi connectivity index (χ3n) is 3.96. The van der Waals surface area contributed by atoms with Crippen LogP contribution in [-0.4, -0.2) is 30.9 Å². The summed E-state index contributed by atoms with van der Waals surface area (Å²) in [6.07, 6.45) is 9.12. The molecule has 21 heavy (non-hydrogen) atoms. The van der Waals surface area contributed by atoms with Gasteiger partial charge in [0.2, 0.25) is 0 Å². The van der Waals surface area contributed by atoms with Crippen LogP contribution in [0.3, 0.4) is 0 Å². The fraction of sp³-hybridized carbons (Fsp3) is 0.615. The third kappa shape index (κ3) is 3.88. The van der Waals surface area contributed by atoms with E-state index in [0.29, 0.717) is 12.2 Å². The van der Waals surface area contributed by atoms with Crippen molar-refractivity contribution in [3.05, 3.63) is 18.3 Å². The van der Waals surface area contributed by atoms with Crippen LogP contribution in [0.1, 0.15) is 32.1 Å². The predicted molar refractivity (Wildman–Crippen MR) is 86.6 cm³/mol. The minimum atomic E-state index is -3.67. The zero-order valence-corrected chi connectivity index (χ0v) is 13.8. The lowest BCUT2D eigenvalue weighted by Crippen LogP contribution is -2.42. The van der Waals surface area contributed by atoms with E-state index in [4.69, 9.17) is 5.84 Å². The number of nitrogens with zero attached hydrogens (tertiary/aromatic N) is 1. The number of nitrogens with two attached hydrogens (primary N) is 1. The highest BCUT2D eigenvalue weighted by Gasteiger charge is 2.33. The number of hydrazine groups is 1. The first-order chi connectivity index (χ1) is 10.0. The van der Waals surface area contributed by atoms with Gasteiger partial charge in [-0.2, -0.15) is 11.8 Å². The summed E-state index contributed by atoms with van der Waals surface area (Å²) in [5.74, 6) is 5.35. The molecular formula is C13H22N4O2S2. The Kier molecular flexibility index (Phi) is 5.48. The summed E-state index contributed by atoms with van der Waals surface area (Å²) in [5.41, 5.74) is 2.67. The van der Waals surface area contributed by atoms with Crippen molar-refractivity contribution in [3.63, 3.8) is 0 Å². The topological polar surface area (TPSA) is 97.1 Å². The molecule has 1 aromatic heterocycles. The number of aromatic nitrogens is 1. The van der Waals surface area contributed by atoms with E-state index in [1.807, 2.05) is 6.26 Å². The van der Waals surface area contributed by atoms with Crippen molar-refractivity contribution in [2.45, 2.75) is 41.9 Å². The van der Waals surface area contributed by atoms with Crippen LogP contribution in [0, 0.1) is 0 Å². The smallest absolute Gasteiger partial charge is 0.260 e. The number of nitrogen functional groups attached to an aromatic ring is 1. The number of thioether (sulfide) groups is 1. The fourth-order valence-corrected chi connectivity index (χ4v) is 4.88. The lowest BCUT2D eigenvalue weighted by molar-refractivity contribution is 0.394. The van der Waals surface area contributed by atoms with Gasteiger partial charge in [-0.1, -0.05) is 19.3 Å². The Bertz CT molecular complexity index is 571. The number of hydrogen-bond donors (Lipinski definition) is 3. The zero-order valence-electron chi connectivity index (χ0n) is 12.1. The van der Waals surface area contributed by atoms with Crippen molar-refractivity contribution in [3.8, 4) is 0 Å². The van der Waals surface area contributed by atoms with E-state index in [-0.39, 0.29) is 9.77 Å². The van der Waals surface area contributed by atoms with Crippen molar-refractivity contribution in [1.29, 1.82) is 0 Å². The van der Waals surface area contributed by atoms with E-state index in [9.17, 15) is 8.42 Å². The van der Waals surface area contributed by atoms with E-state index in [0.717, 1.165) is 25.7 Å². The first-order valence-corrected chi connectivity index (χ1v) is 9.70. The van der Waals surface area contributed by atoms with Crippen LogP contribution in [0.25, 0.3) is 0 Å². The molecule has 1 fully saturated rings. The number of nitrogens with one attached hydrogen (secondary N) is 2. The Morgan fingerprint density at radius 2 is 2.10 bits per heavy atom. The Hall–Kier alpha value is -0.830. The van der Waals surface area contributed by atoms with Crippen molar-refractivity contribution in [1.82, 2.24) is 9.71 Å². The van der Waals surface area contributed by atoms with Gasteiger partial charge in [0.05, 0.1) is 5.69 Å². The van der Waals surface area contributed by atoms with Gasteiger partial charge in [-0.15, -0.1) is 0 Å². The van der Waals surface area contributed by atoms with Crippen molar-refractivity contribution >= 4 is 27.5 Å². The van der Waals surface area contributed by atoms with Crippen LogP contribution >= 0.6 is 11.8 Å². The fourth-order valence-electron chi connectivity index (χ4n) is 2.66. The van der Waals surface area contributed by atoms with Crippen molar-refractivity contribution < 1.29 is 8.42 Å². The van der Waals surface area contributed by atoms with Crippen molar-refractivity contribution in [2.75, 3.05) is 18.2 Å². The summed E-state index contributed by atoms with van der Waals surface area (Å²) in [7, 11) is -3.67. The summed E-state index contributed by atoms with van der Waals surface area (Å²) in [6, 6.07) is 3.23. The molecule has 0 aromatic carbocycles. The van der Waals surface area contributed by atoms with Gasteiger partial charge in [-0.05, 0) is 31.2 Å². The van der Waals surface area contributed by atoms with Gasteiger partial charge in [-0.25, -0.2) is 18.1 Å². The van der Waals surface area contributed by atoms with Gasteiger partial charge in [0, 0.05) is 17.5 Å². The number of anilines is 1. The lowest BCUT2D eigenvalue weighted by atomic mass is 9.88. The highest BCUT2D eigenvalue weighted by Crippen LogP contribution is 2.38. The zero-order chi connectivity index (χ0) is 15.3. The quantitative estimate of drug-likeness (QED) is 0.543. The van der Waals surface area contributed by atoms with E-state index in [1.165, 1.54) is 12.6 Å². The van der Waals surface area contributed by atoms with Gasteiger partial charge in [0.1, 0.15) is 0 Å². The van der Waals surface area contributed by atoms with E-state index in [2.05, 4.69) is 15.1 Å². The molecule has 1 aliphatic carbocycles. The summed E-state index contributed by atoms with van der Waals surface area (Å²) in [4.78, 5) is 3.93. The molecule has 1 aliphatic rings. The molecule has 118 valence electrons. The molecule has 0 unspecified atom stereocenters. The van der Waals surface area contributed by atoms with Gasteiger partial charge in [0.15, 0.2) is 5.03 Å². The second-order valence-corrected chi connectivity index (χ2v) is 8.23. The molecular weight excluding hydrogens is 308 g/mol. The molecule has 0 spiro atoms. The molecule has 8 heteroatoms. The Morgan fingerprint density at radius 3 is 2.71 bits per heavy atom. The largest absolute Gasteiger partial charge is 0.321 e. The molecule has 2 rings (SSSR count). The SMILES string of the molecule is CSC1(CNS(=O)(=O)c2ncccc2NN)CCCCC1. The maximum Gasteiger partial charge on any atom is 0.260 e. The van der Waals surface area contributed by atoms with Crippen LogP contribution in [0.5, 0.6) is 0 Å². The van der Waals surface area contributed by atoms with E-state index >= 15 is 0 Å². The minimum absolute atomic E-state index is 0.00356. The average Bonchev–Trinajstić information content (AvgIpc) is 2.54. The van der Waals surface area contributed by atoms with Crippen molar-refractivity contribution in [2.24, 2.45) is 5.84 Å². The summed E-state index contributed by atoms with van der Waals surface area (Å²) in [6.45, 7) is 0.428.